The molecule has 0 amide bonds. The molecule has 2 unspecified atom stereocenters. The third-order valence-corrected chi connectivity index (χ3v) is 4.23. The van der Waals surface area contributed by atoms with Crippen LogP contribution in [-0.2, 0) is 17.8 Å². The number of aliphatic carboxylic acids is 1. The summed E-state index contributed by atoms with van der Waals surface area (Å²) in [7, 11) is 0. The van der Waals surface area contributed by atoms with Gasteiger partial charge in [-0.05, 0) is 36.1 Å². The smallest absolute Gasteiger partial charge is 0.321 e. The number of hydrogen-bond acceptors (Lipinski definition) is 3. The van der Waals surface area contributed by atoms with Crippen LogP contribution in [0.3, 0.4) is 0 Å². The molecule has 0 radical (unpaired) electrons. The first kappa shape index (κ1) is 13.8. The average Bonchev–Trinajstić information content (AvgIpc) is 2.53. The fourth-order valence-corrected chi connectivity index (χ4v) is 2.99. The third-order valence-electron chi connectivity index (χ3n) is 4.23. The van der Waals surface area contributed by atoms with E-state index in [0.29, 0.717) is 13.0 Å². The summed E-state index contributed by atoms with van der Waals surface area (Å²) in [5, 5.41) is 9.57. The van der Waals surface area contributed by atoms with Gasteiger partial charge in [0.05, 0.1) is 0 Å². The van der Waals surface area contributed by atoms with Crippen LogP contribution in [0, 0.1) is 0 Å². The molecule has 0 aliphatic carbocycles. The van der Waals surface area contributed by atoms with E-state index in [2.05, 4.69) is 11.1 Å². The molecule has 0 saturated heterocycles. The normalized spacial score (nSPS) is 19.8. The van der Waals surface area contributed by atoms with Crippen molar-refractivity contribution in [2.24, 2.45) is 0 Å². The van der Waals surface area contributed by atoms with Gasteiger partial charge < -0.3 is 5.11 Å². The molecule has 0 spiro atoms. The van der Waals surface area contributed by atoms with Crippen molar-refractivity contribution in [3.8, 4) is 0 Å². The maximum absolute atomic E-state index is 11.7. The zero-order valence-electron chi connectivity index (χ0n) is 11.9. The van der Waals surface area contributed by atoms with Crippen LogP contribution in [0.2, 0.25) is 0 Å². The quantitative estimate of drug-likeness (QED) is 0.940. The summed E-state index contributed by atoms with van der Waals surface area (Å²) in [5.41, 5.74) is 3.40. The zero-order valence-corrected chi connectivity index (χ0v) is 11.9. The molecule has 4 heteroatoms. The van der Waals surface area contributed by atoms with Crippen LogP contribution in [0.25, 0.3) is 0 Å². The molecule has 4 nitrogen and oxygen atoms in total. The Kier molecular flexibility index (Phi) is 3.71. The van der Waals surface area contributed by atoms with Gasteiger partial charge in [0.25, 0.3) is 0 Å². The minimum absolute atomic E-state index is 0.0214. The van der Waals surface area contributed by atoms with Gasteiger partial charge in [-0.15, -0.1) is 0 Å². The molecule has 3 rings (SSSR count). The molecule has 1 aromatic heterocycles. The first-order chi connectivity index (χ1) is 10.2. The Morgan fingerprint density at radius 2 is 2.05 bits per heavy atom. The minimum atomic E-state index is -0.764. The number of nitrogens with zero attached hydrogens (tertiary/aromatic N) is 2. The maximum atomic E-state index is 11.7. The summed E-state index contributed by atoms with van der Waals surface area (Å²) in [6.07, 6.45) is 4.09. The van der Waals surface area contributed by atoms with Crippen LogP contribution >= 0.6 is 0 Å². The molecular formula is C17H18N2O2. The van der Waals surface area contributed by atoms with Gasteiger partial charge in [0.2, 0.25) is 0 Å². The maximum Gasteiger partial charge on any atom is 0.321 e. The molecule has 21 heavy (non-hydrogen) atoms. The Morgan fingerprint density at radius 1 is 1.29 bits per heavy atom. The lowest BCUT2D eigenvalue weighted by Crippen LogP contribution is -2.46. The highest BCUT2D eigenvalue weighted by atomic mass is 16.4. The SMILES string of the molecule is CC(c1cccnc1)N1Cc2ccccc2CC1C(=O)O. The van der Waals surface area contributed by atoms with Gasteiger partial charge in [-0.2, -0.15) is 0 Å². The van der Waals surface area contributed by atoms with Crippen molar-refractivity contribution in [2.45, 2.75) is 32.0 Å². The molecule has 1 aromatic carbocycles. The van der Waals surface area contributed by atoms with E-state index in [9.17, 15) is 9.90 Å². The van der Waals surface area contributed by atoms with Gasteiger partial charge in [0.15, 0.2) is 0 Å². The van der Waals surface area contributed by atoms with E-state index in [0.717, 1.165) is 11.1 Å². The Hall–Kier alpha value is -2.20. The van der Waals surface area contributed by atoms with Crippen LogP contribution in [0.15, 0.2) is 48.8 Å². The van der Waals surface area contributed by atoms with Gasteiger partial charge in [0, 0.05) is 25.0 Å². The Labute approximate surface area is 124 Å². The van der Waals surface area contributed by atoms with E-state index in [4.69, 9.17) is 0 Å². The van der Waals surface area contributed by atoms with Gasteiger partial charge >= 0.3 is 5.97 Å². The zero-order chi connectivity index (χ0) is 14.8. The fraction of sp³-hybridized carbons (Fsp3) is 0.294. The van der Waals surface area contributed by atoms with E-state index in [1.807, 2.05) is 48.4 Å². The number of pyridine rings is 1. The summed E-state index contributed by atoms with van der Waals surface area (Å²) in [5.74, 6) is -0.764. The summed E-state index contributed by atoms with van der Waals surface area (Å²) in [4.78, 5) is 17.8. The molecule has 1 N–H and O–H groups in total. The van der Waals surface area contributed by atoms with Crippen LogP contribution in [0.4, 0.5) is 0 Å². The molecule has 1 aliphatic rings. The van der Waals surface area contributed by atoms with Crippen molar-refractivity contribution >= 4 is 5.97 Å². The van der Waals surface area contributed by atoms with Crippen molar-refractivity contribution in [3.63, 3.8) is 0 Å². The van der Waals surface area contributed by atoms with Crippen LogP contribution < -0.4 is 0 Å². The predicted molar refractivity (Wildman–Crippen MR) is 79.8 cm³/mol. The fourth-order valence-electron chi connectivity index (χ4n) is 2.99. The molecule has 2 atom stereocenters. The number of carboxylic acids is 1. The molecule has 2 heterocycles. The second-order valence-corrected chi connectivity index (χ2v) is 5.46. The van der Waals surface area contributed by atoms with Crippen LogP contribution in [-0.4, -0.2) is 27.0 Å². The van der Waals surface area contributed by atoms with Crippen molar-refractivity contribution in [1.82, 2.24) is 9.88 Å². The highest BCUT2D eigenvalue weighted by Gasteiger charge is 2.34. The lowest BCUT2D eigenvalue weighted by Gasteiger charge is -2.38. The topological polar surface area (TPSA) is 53.4 Å². The molecule has 0 saturated carbocycles. The van der Waals surface area contributed by atoms with Crippen molar-refractivity contribution in [3.05, 3.63) is 65.5 Å². The monoisotopic (exact) mass is 282 g/mol. The molecule has 2 aromatic rings. The second-order valence-electron chi connectivity index (χ2n) is 5.46. The first-order valence-electron chi connectivity index (χ1n) is 7.12. The molecule has 1 aliphatic heterocycles. The molecular weight excluding hydrogens is 264 g/mol. The van der Waals surface area contributed by atoms with Crippen molar-refractivity contribution < 1.29 is 9.90 Å². The molecule has 108 valence electrons. The van der Waals surface area contributed by atoms with Gasteiger partial charge in [0.1, 0.15) is 6.04 Å². The number of carboxylic acid groups (broad SMARTS) is 1. The second kappa shape index (κ2) is 5.66. The first-order valence-corrected chi connectivity index (χ1v) is 7.12. The number of benzene rings is 1. The third kappa shape index (κ3) is 2.67. The van der Waals surface area contributed by atoms with Gasteiger partial charge in [-0.25, -0.2) is 0 Å². The van der Waals surface area contributed by atoms with E-state index >= 15 is 0 Å². The standard InChI is InChI=1S/C17H18N2O2/c1-12(14-7-4-8-18-10-14)19-11-15-6-3-2-5-13(15)9-16(19)17(20)21/h2-8,10,12,16H,9,11H2,1H3,(H,20,21). The van der Waals surface area contributed by atoms with Crippen molar-refractivity contribution in [1.29, 1.82) is 0 Å². The van der Waals surface area contributed by atoms with E-state index in [1.165, 1.54) is 5.56 Å². The van der Waals surface area contributed by atoms with E-state index in [1.54, 1.807) is 6.20 Å². The Morgan fingerprint density at radius 3 is 2.71 bits per heavy atom. The summed E-state index contributed by atoms with van der Waals surface area (Å²) >= 11 is 0. The number of fused-ring (bicyclic) bond motifs is 1. The van der Waals surface area contributed by atoms with Gasteiger partial charge in [-0.1, -0.05) is 30.3 Å². The average molecular weight is 282 g/mol. The number of hydrogen-bond donors (Lipinski definition) is 1. The molecule has 0 bridgehead atoms. The number of aromatic nitrogens is 1. The van der Waals surface area contributed by atoms with E-state index in [-0.39, 0.29) is 6.04 Å². The Balaban J connectivity index is 1.94. The number of carbonyl (C=O) groups is 1. The lowest BCUT2D eigenvalue weighted by molar-refractivity contribution is -0.145. The predicted octanol–water partition coefficient (Wildman–Crippen LogP) is 2.65. The lowest BCUT2D eigenvalue weighted by atomic mass is 9.92. The summed E-state index contributed by atoms with van der Waals surface area (Å²) in [6.45, 7) is 2.70. The van der Waals surface area contributed by atoms with E-state index < -0.39 is 12.0 Å². The summed E-state index contributed by atoms with van der Waals surface area (Å²) in [6, 6.07) is 11.5. The van der Waals surface area contributed by atoms with Crippen molar-refractivity contribution in [2.75, 3.05) is 0 Å². The highest BCUT2D eigenvalue weighted by molar-refractivity contribution is 5.74. The van der Waals surface area contributed by atoms with Gasteiger partial charge in [-0.3, -0.25) is 14.7 Å². The minimum Gasteiger partial charge on any atom is -0.480 e. The van der Waals surface area contributed by atoms with Crippen LogP contribution in [0.5, 0.6) is 0 Å². The number of rotatable bonds is 3. The van der Waals surface area contributed by atoms with Crippen LogP contribution in [0.1, 0.15) is 29.7 Å². The highest BCUT2D eigenvalue weighted by Crippen LogP contribution is 2.31. The summed E-state index contributed by atoms with van der Waals surface area (Å²) < 4.78 is 0. The largest absolute Gasteiger partial charge is 0.480 e. The Bertz CT molecular complexity index is 642. The molecule has 0 fully saturated rings.